The average molecular weight is 444 g/mol. The van der Waals surface area contributed by atoms with Crippen LogP contribution in [0.15, 0.2) is 24.7 Å². The Hall–Kier alpha value is -2.52. The minimum absolute atomic E-state index is 0.238. The Morgan fingerprint density at radius 2 is 2.03 bits per heavy atom. The molecule has 0 saturated carbocycles. The van der Waals surface area contributed by atoms with E-state index in [1.807, 2.05) is 32.3 Å². The van der Waals surface area contributed by atoms with E-state index in [1.165, 1.54) is 0 Å². The second-order valence-electron chi connectivity index (χ2n) is 9.56. The van der Waals surface area contributed by atoms with Crippen LogP contribution in [0.25, 0.3) is 22.3 Å². The fourth-order valence-corrected chi connectivity index (χ4v) is 3.99. The summed E-state index contributed by atoms with van der Waals surface area (Å²) in [6.45, 7) is 14.2. The number of hydrogen-bond acceptors (Lipinski definition) is 6. The molecule has 0 spiro atoms. The Morgan fingerprint density at radius 3 is 2.74 bits per heavy atom. The maximum Gasteiger partial charge on any atom is 0.308 e. The minimum atomic E-state index is -1.14. The fraction of sp³-hybridized carbons (Fsp3) is 0.545. The van der Waals surface area contributed by atoms with Crippen LogP contribution >= 0.6 is 0 Å². The predicted molar refractivity (Wildman–Crippen MR) is 123 cm³/mol. The largest absolute Gasteiger partial charge is 0.466 e. The van der Waals surface area contributed by atoms with Crippen molar-refractivity contribution in [3.63, 3.8) is 0 Å². The van der Waals surface area contributed by atoms with Crippen LogP contribution in [0.2, 0.25) is 25.7 Å². The van der Waals surface area contributed by atoms with Gasteiger partial charge in [0, 0.05) is 38.0 Å². The van der Waals surface area contributed by atoms with Gasteiger partial charge in [0.2, 0.25) is 0 Å². The quantitative estimate of drug-likeness (QED) is 0.284. The van der Waals surface area contributed by atoms with E-state index in [9.17, 15) is 4.79 Å². The summed E-state index contributed by atoms with van der Waals surface area (Å²) >= 11 is 0. The van der Waals surface area contributed by atoms with Crippen molar-refractivity contribution >= 4 is 25.1 Å². The number of rotatable bonds is 10. The number of carbonyl (C=O) groups is 1. The van der Waals surface area contributed by atoms with Gasteiger partial charge in [0.1, 0.15) is 12.3 Å². The molecule has 3 rings (SSSR count). The highest BCUT2D eigenvalue weighted by molar-refractivity contribution is 6.76. The molecule has 0 aromatic carbocycles. The lowest BCUT2D eigenvalue weighted by atomic mass is 10.0. The third-order valence-electron chi connectivity index (χ3n) is 5.05. The van der Waals surface area contributed by atoms with E-state index in [2.05, 4.69) is 34.7 Å². The fourth-order valence-electron chi connectivity index (χ4n) is 3.24. The van der Waals surface area contributed by atoms with Crippen LogP contribution in [-0.4, -0.2) is 52.0 Å². The smallest absolute Gasteiger partial charge is 0.308 e. The zero-order valence-electron chi connectivity index (χ0n) is 19.4. The molecule has 3 aromatic rings. The van der Waals surface area contributed by atoms with Crippen LogP contribution in [0.5, 0.6) is 0 Å². The summed E-state index contributed by atoms with van der Waals surface area (Å²) in [5, 5.41) is 5.44. The zero-order chi connectivity index (χ0) is 22.6. The second kappa shape index (κ2) is 9.31. The number of nitrogens with one attached hydrogen (secondary N) is 1. The Bertz CT molecular complexity index is 1040. The molecule has 0 aliphatic carbocycles. The second-order valence-corrected chi connectivity index (χ2v) is 15.2. The van der Waals surface area contributed by atoms with E-state index < -0.39 is 13.6 Å². The Morgan fingerprint density at radius 1 is 1.26 bits per heavy atom. The molecule has 0 amide bonds. The summed E-state index contributed by atoms with van der Waals surface area (Å²) in [4.78, 5) is 24.5. The highest BCUT2D eigenvalue weighted by Crippen LogP contribution is 2.28. The summed E-state index contributed by atoms with van der Waals surface area (Å²) in [5.41, 5.74) is 1.92. The Labute approximate surface area is 184 Å². The van der Waals surface area contributed by atoms with Crippen LogP contribution in [0.4, 0.5) is 0 Å². The highest BCUT2D eigenvalue weighted by atomic mass is 28.3. The molecule has 1 N–H and O–H groups in total. The van der Waals surface area contributed by atoms with Crippen molar-refractivity contribution in [2.75, 3.05) is 13.2 Å². The van der Waals surface area contributed by atoms with Crippen LogP contribution in [-0.2, 0) is 26.4 Å². The van der Waals surface area contributed by atoms with Gasteiger partial charge in [-0.15, -0.1) is 0 Å². The van der Waals surface area contributed by atoms with E-state index in [1.54, 1.807) is 17.8 Å². The first-order chi connectivity index (χ1) is 14.6. The van der Waals surface area contributed by atoms with Gasteiger partial charge in [-0.1, -0.05) is 19.6 Å². The first-order valence-electron chi connectivity index (χ1n) is 10.7. The van der Waals surface area contributed by atoms with Crippen LogP contribution in [0.3, 0.4) is 0 Å². The van der Waals surface area contributed by atoms with Gasteiger partial charge in [-0.25, -0.2) is 9.97 Å². The Kier molecular flexibility index (Phi) is 6.95. The standard InChI is InChI=1S/C22H33N5O3Si/c1-7-30-19(28)12-22(2,3)27-14-16(13-24-27)20-17-8-9-23-21(17)26-18(25-20)15-29-10-11-31(4,5)6/h8-9,13-14H,7,10-12,15H2,1-6H3,(H,23,25,26). The molecule has 3 aromatic heterocycles. The highest BCUT2D eigenvalue weighted by Gasteiger charge is 2.26. The summed E-state index contributed by atoms with van der Waals surface area (Å²) < 4.78 is 12.8. The summed E-state index contributed by atoms with van der Waals surface area (Å²) in [7, 11) is -1.14. The van der Waals surface area contributed by atoms with Gasteiger partial charge >= 0.3 is 5.97 Å². The molecule has 0 aliphatic heterocycles. The first-order valence-corrected chi connectivity index (χ1v) is 14.4. The molecule has 31 heavy (non-hydrogen) atoms. The molecule has 0 bridgehead atoms. The van der Waals surface area contributed by atoms with Crippen molar-refractivity contribution in [3.8, 4) is 11.3 Å². The van der Waals surface area contributed by atoms with Crippen LogP contribution in [0.1, 0.15) is 33.0 Å². The van der Waals surface area contributed by atoms with Crippen molar-refractivity contribution in [1.82, 2.24) is 24.7 Å². The molecule has 0 saturated heterocycles. The molecule has 0 atom stereocenters. The van der Waals surface area contributed by atoms with Crippen molar-refractivity contribution in [1.29, 1.82) is 0 Å². The average Bonchev–Trinajstić information content (AvgIpc) is 3.33. The zero-order valence-corrected chi connectivity index (χ0v) is 20.4. The molecule has 9 heteroatoms. The topological polar surface area (TPSA) is 94.9 Å². The number of nitrogens with zero attached hydrogens (tertiary/aromatic N) is 4. The van der Waals surface area contributed by atoms with Gasteiger partial charge in [-0.05, 0) is 32.9 Å². The first kappa shape index (κ1) is 23.1. The number of H-pyrrole nitrogens is 1. The van der Waals surface area contributed by atoms with Crippen molar-refractivity contribution < 1.29 is 14.3 Å². The third kappa shape index (κ3) is 6.01. The summed E-state index contributed by atoms with van der Waals surface area (Å²) in [6.07, 6.45) is 5.79. The molecule has 3 heterocycles. The molecule has 0 fully saturated rings. The molecule has 168 valence electrons. The lowest BCUT2D eigenvalue weighted by molar-refractivity contribution is -0.145. The van der Waals surface area contributed by atoms with E-state index in [-0.39, 0.29) is 12.4 Å². The van der Waals surface area contributed by atoms with E-state index in [0.717, 1.165) is 34.9 Å². The molecule has 0 aliphatic rings. The summed E-state index contributed by atoms with van der Waals surface area (Å²) in [6, 6.07) is 3.06. The van der Waals surface area contributed by atoms with E-state index in [0.29, 0.717) is 19.0 Å². The number of fused-ring (bicyclic) bond motifs is 1. The predicted octanol–water partition coefficient (Wildman–Crippen LogP) is 4.36. The minimum Gasteiger partial charge on any atom is -0.466 e. The van der Waals surface area contributed by atoms with Gasteiger partial charge in [0.05, 0.1) is 30.5 Å². The lowest BCUT2D eigenvalue weighted by Gasteiger charge is -2.24. The monoisotopic (exact) mass is 443 g/mol. The molecule has 8 nitrogen and oxygen atoms in total. The number of aromatic nitrogens is 5. The van der Waals surface area contributed by atoms with E-state index >= 15 is 0 Å². The van der Waals surface area contributed by atoms with Gasteiger partial charge < -0.3 is 14.5 Å². The van der Waals surface area contributed by atoms with Crippen LogP contribution < -0.4 is 0 Å². The van der Waals surface area contributed by atoms with Crippen molar-refractivity contribution in [3.05, 3.63) is 30.5 Å². The van der Waals surface area contributed by atoms with Gasteiger partial charge in [-0.3, -0.25) is 9.48 Å². The maximum absolute atomic E-state index is 12.0. The Balaban J connectivity index is 1.82. The van der Waals surface area contributed by atoms with Gasteiger partial charge in [0.15, 0.2) is 5.82 Å². The summed E-state index contributed by atoms with van der Waals surface area (Å²) in [5.74, 6) is 0.399. The number of esters is 1. The molecule has 0 radical (unpaired) electrons. The maximum atomic E-state index is 12.0. The number of hydrogen-bond donors (Lipinski definition) is 1. The number of aromatic amines is 1. The van der Waals surface area contributed by atoms with Gasteiger partial charge in [0.25, 0.3) is 0 Å². The number of carbonyl (C=O) groups excluding carboxylic acids is 1. The molecular weight excluding hydrogens is 410 g/mol. The third-order valence-corrected chi connectivity index (χ3v) is 6.75. The normalized spacial score (nSPS) is 12.5. The van der Waals surface area contributed by atoms with Crippen LogP contribution in [0, 0.1) is 0 Å². The SMILES string of the molecule is CCOC(=O)CC(C)(C)n1cc(-c2nc(COCC[Si](C)(C)C)nc3[nH]ccc23)cn1. The van der Waals surface area contributed by atoms with Crippen molar-refractivity contribution in [2.24, 2.45) is 0 Å². The van der Waals surface area contributed by atoms with Crippen molar-refractivity contribution in [2.45, 2.75) is 65.0 Å². The van der Waals surface area contributed by atoms with E-state index in [4.69, 9.17) is 14.5 Å². The lowest BCUT2D eigenvalue weighted by Crippen LogP contribution is -2.30. The molecular formula is C22H33N5O3Si. The molecule has 0 unspecified atom stereocenters. The number of ether oxygens (including phenoxy) is 2. The van der Waals surface area contributed by atoms with Gasteiger partial charge in [-0.2, -0.15) is 5.10 Å².